The molecule has 2 saturated heterocycles. The molecule has 2 heterocycles. The van der Waals surface area contributed by atoms with E-state index in [9.17, 15) is 9.59 Å². The summed E-state index contributed by atoms with van der Waals surface area (Å²) in [5.41, 5.74) is 0.816. The zero-order valence-electron chi connectivity index (χ0n) is 14.9. The molecule has 0 radical (unpaired) electrons. The Kier molecular flexibility index (Phi) is 5.13. The van der Waals surface area contributed by atoms with E-state index in [1.807, 2.05) is 38.1 Å². The minimum Gasteiger partial charge on any atom is -0.497 e. The summed E-state index contributed by atoms with van der Waals surface area (Å²) in [4.78, 5) is 28.3. The van der Waals surface area contributed by atoms with Crippen molar-refractivity contribution in [2.24, 2.45) is 0 Å². The van der Waals surface area contributed by atoms with E-state index in [2.05, 4.69) is 5.32 Å². The number of hydrogen-bond acceptors (Lipinski definition) is 4. The van der Waals surface area contributed by atoms with E-state index in [1.54, 1.807) is 16.9 Å². The topological polar surface area (TPSA) is 71.1 Å². The molecule has 3 atom stereocenters. The number of amides is 3. The third-order valence-electron chi connectivity index (χ3n) is 4.54. The first kappa shape index (κ1) is 17.5. The molecule has 136 valence electrons. The summed E-state index contributed by atoms with van der Waals surface area (Å²) in [6.07, 6.45) is 0.360. The van der Waals surface area contributed by atoms with Gasteiger partial charge in [0, 0.05) is 31.7 Å². The van der Waals surface area contributed by atoms with Gasteiger partial charge in [-0.2, -0.15) is 0 Å². The quantitative estimate of drug-likeness (QED) is 0.902. The molecule has 0 unspecified atom stereocenters. The van der Waals surface area contributed by atoms with Gasteiger partial charge in [-0.15, -0.1) is 0 Å². The van der Waals surface area contributed by atoms with Crippen LogP contribution in [0.1, 0.15) is 20.3 Å². The van der Waals surface area contributed by atoms with Crippen LogP contribution in [-0.2, 0) is 9.53 Å². The molecular weight excluding hydrogens is 322 g/mol. The number of anilines is 1. The summed E-state index contributed by atoms with van der Waals surface area (Å²) < 4.78 is 10.8. The maximum Gasteiger partial charge on any atom is 0.317 e. The predicted molar refractivity (Wildman–Crippen MR) is 93.9 cm³/mol. The fourth-order valence-electron chi connectivity index (χ4n) is 3.43. The molecular formula is C18H25N3O4. The average Bonchev–Trinajstić information content (AvgIpc) is 2.94. The summed E-state index contributed by atoms with van der Waals surface area (Å²) in [6, 6.07) is 7.04. The summed E-state index contributed by atoms with van der Waals surface area (Å²) in [5, 5.41) is 2.99. The molecule has 2 aliphatic heterocycles. The van der Waals surface area contributed by atoms with Gasteiger partial charge in [0.15, 0.2) is 0 Å². The third kappa shape index (κ3) is 4.04. The van der Waals surface area contributed by atoms with Crippen molar-refractivity contribution in [1.29, 1.82) is 0 Å². The lowest BCUT2D eigenvalue weighted by Crippen LogP contribution is -2.53. The Labute approximate surface area is 147 Å². The molecule has 25 heavy (non-hydrogen) atoms. The van der Waals surface area contributed by atoms with E-state index < -0.39 is 0 Å². The summed E-state index contributed by atoms with van der Waals surface area (Å²) in [5.74, 6) is 0.759. The van der Waals surface area contributed by atoms with E-state index in [0.717, 1.165) is 11.4 Å². The molecule has 7 heteroatoms. The molecule has 2 aliphatic rings. The highest BCUT2D eigenvalue weighted by atomic mass is 16.5. The smallest absolute Gasteiger partial charge is 0.317 e. The second-order valence-electron chi connectivity index (χ2n) is 6.72. The van der Waals surface area contributed by atoms with Gasteiger partial charge < -0.3 is 24.6 Å². The first-order valence-corrected chi connectivity index (χ1v) is 8.61. The average molecular weight is 347 g/mol. The van der Waals surface area contributed by atoms with Crippen LogP contribution < -0.4 is 15.0 Å². The summed E-state index contributed by atoms with van der Waals surface area (Å²) in [6.45, 7) is 5.53. The Hall–Kier alpha value is -2.28. The number of carbonyl (C=O) groups is 2. The Morgan fingerprint density at radius 2 is 1.80 bits per heavy atom. The normalized spacial score (nSPS) is 26.7. The van der Waals surface area contributed by atoms with Crippen LogP contribution >= 0.6 is 0 Å². The minimum atomic E-state index is -0.185. The van der Waals surface area contributed by atoms with Gasteiger partial charge in [-0.3, -0.25) is 4.79 Å². The molecule has 2 fully saturated rings. The van der Waals surface area contributed by atoms with Gasteiger partial charge in [-0.1, -0.05) is 0 Å². The molecule has 0 saturated carbocycles. The van der Waals surface area contributed by atoms with Crippen molar-refractivity contribution < 1.29 is 19.1 Å². The Morgan fingerprint density at radius 1 is 1.16 bits per heavy atom. The third-order valence-corrected chi connectivity index (χ3v) is 4.54. The lowest BCUT2D eigenvalue weighted by Gasteiger charge is -2.35. The number of ether oxygens (including phenoxy) is 2. The van der Waals surface area contributed by atoms with Crippen LogP contribution in [-0.4, -0.2) is 61.8 Å². The first-order valence-electron chi connectivity index (χ1n) is 8.61. The van der Waals surface area contributed by atoms with Crippen molar-refractivity contribution >= 4 is 17.6 Å². The number of urea groups is 1. The second kappa shape index (κ2) is 7.31. The van der Waals surface area contributed by atoms with E-state index in [1.165, 1.54) is 0 Å². The number of nitrogens with one attached hydrogen (secondary N) is 1. The van der Waals surface area contributed by atoms with E-state index in [0.29, 0.717) is 26.1 Å². The number of hydrogen-bond donors (Lipinski definition) is 1. The first-order chi connectivity index (χ1) is 12.0. The number of methoxy groups -OCH3 is 1. The molecule has 1 N–H and O–H groups in total. The Bertz CT molecular complexity index is 624. The van der Waals surface area contributed by atoms with Crippen LogP contribution in [0.2, 0.25) is 0 Å². The van der Waals surface area contributed by atoms with Crippen LogP contribution in [0.15, 0.2) is 24.3 Å². The van der Waals surface area contributed by atoms with E-state index in [4.69, 9.17) is 9.47 Å². The van der Waals surface area contributed by atoms with E-state index in [-0.39, 0.29) is 30.2 Å². The van der Waals surface area contributed by atoms with Gasteiger partial charge in [0.1, 0.15) is 5.75 Å². The highest BCUT2D eigenvalue weighted by Gasteiger charge is 2.34. The van der Waals surface area contributed by atoms with Gasteiger partial charge in [0.05, 0.1) is 25.4 Å². The molecule has 1 aromatic carbocycles. The SMILES string of the molecule is COc1ccc(N2C[C@H](NC(=O)N3C[C@@H](C)O[C@@H](C)C3)CC2=O)cc1. The molecule has 3 amide bonds. The fraction of sp³-hybridized carbons (Fsp3) is 0.556. The lowest BCUT2D eigenvalue weighted by atomic mass is 10.2. The Morgan fingerprint density at radius 3 is 2.40 bits per heavy atom. The number of rotatable bonds is 3. The van der Waals surface area contributed by atoms with Crippen LogP contribution in [0.4, 0.5) is 10.5 Å². The number of nitrogens with zero attached hydrogens (tertiary/aromatic N) is 2. The standard InChI is InChI=1S/C18H25N3O4/c1-12-9-20(10-13(2)25-12)18(23)19-14-8-17(22)21(11-14)15-4-6-16(24-3)7-5-15/h4-7,12-14H,8-11H2,1-3H3,(H,19,23)/t12-,13+,14-/m1/s1. The van der Waals surface area contributed by atoms with Crippen LogP contribution in [0.25, 0.3) is 0 Å². The van der Waals surface area contributed by atoms with Gasteiger partial charge >= 0.3 is 6.03 Å². The maximum absolute atomic E-state index is 12.5. The molecule has 3 rings (SSSR count). The number of morpholine rings is 1. The van der Waals surface area contributed by atoms with Crippen molar-refractivity contribution in [2.75, 3.05) is 31.6 Å². The van der Waals surface area contributed by atoms with E-state index >= 15 is 0 Å². The van der Waals surface area contributed by atoms with Gasteiger partial charge in [-0.05, 0) is 38.1 Å². The minimum absolute atomic E-state index is 0.0131. The number of benzene rings is 1. The number of carbonyl (C=O) groups excluding carboxylic acids is 2. The fourth-order valence-corrected chi connectivity index (χ4v) is 3.43. The highest BCUT2D eigenvalue weighted by Crippen LogP contribution is 2.24. The Balaban J connectivity index is 1.59. The molecule has 0 bridgehead atoms. The zero-order chi connectivity index (χ0) is 18.0. The largest absolute Gasteiger partial charge is 0.497 e. The zero-order valence-corrected chi connectivity index (χ0v) is 14.9. The van der Waals surface area contributed by atoms with Crippen LogP contribution in [0.5, 0.6) is 5.75 Å². The highest BCUT2D eigenvalue weighted by molar-refractivity contribution is 5.96. The molecule has 7 nitrogen and oxygen atoms in total. The van der Waals surface area contributed by atoms with Crippen LogP contribution in [0, 0.1) is 0 Å². The molecule has 0 aliphatic carbocycles. The molecule has 0 spiro atoms. The molecule has 1 aromatic rings. The summed E-state index contributed by atoms with van der Waals surface area (Å²) >= 11 is 0. The van der Waals surface area contributed by atoms with Crippen LogP contribution in [0.3, 0.4) is 0 Å². The monoisotopic (exact) mass is 347 g/mol. The van der Waals surface area contributed by atoms with Crippen molar-refractivity contribution in [3.05, 3.63) is 24.3 Å². The van der Waals surface area contributed by atoms with Gasteiger partial charge in [0.25, 0.3) is 0 Å². The van der Waals surface area contributed by atoms with Crippen molar-refractivity contribution in [1.82, 2.24) is 10.2 Å². The van der Waals surface area contributed by atoms with Crippen molar-refractivity contribution in [3.8, 4) is 5.75 Å². The second-order valence-corrected chi connectivity index (χ2v) is 6.72. The van der Waals surface area contributed by atoms with Gasteiger partial charge in [-0.25, -0.2) is 4.79 Å². The van der Waals surface area contributed by atoms with Gasteiger partial charge in [0.2, 0.25) is 5.91 Å². The maximum atomic E-state index is 12.5. The lowest BCUT2D eigenvalue weighted by molar-refractivity contribution is -0.117. The van der Waals surface area contributed by atoms with Crippen molar-refractivity contribution in [2.45, 2.75) is 38.5 Å². The summed E-state index contributed by atoms with van der Waals surface area (Å²) in [7, 11) is 1.61. The van der Waals surface area contributed by atoms with Crippen molar-refractivity contribution in [3.63, 3.8) is 0 Å². The predicted octanol–water partition coefficient (Wildman–Crippen LogP) is 1.62. The molecule has 0 aromatic heterocycles.